The lowest BCUT2D eigenvalue weighted by molar-refractivity contribution is -0.131. The van der Waals surface area contributed by atoms with Crippen LogP contribution in [0.5, 0.6) is 0 Å². The van der Waals surface area contributed by atoms with Gasteiger partial charge in [0, 0.05) is 13.1 Å². The zero-order valence-electron chi connectivity index (χ0n) is 11.2. The summed E-state index contributed by atoms with van der Waals surface area (Å²) >= 11 is 0. The Morgan fingerprint density at radius 1 is 1.20 bits per heavy atom. The van der Waals surface area contributed by atoms with Crippen molar-refractivity contribution in [1.29, 1.82) is 0 Å². The molecule has 6 heteroatoms. The molecule has 0 bridgehead atoms. The monoisotopic (exact) mass is 274 g/mol. The number of para-hydroxylation sites is 1. The molecule has 6 nitrogen and oxygen atoms in total. The maximum absolute atomic E-state index is 12.1. The van der Waals surface area contributed by atoms with Crippen LogP contribution < -0.4 is 11.5 Å². The van der Waals surface area contributed by atoms with E-state index < -0.39 is 0 Å². The van der Waals surface area contributed by atoms with Crippen molar-refractivity contribution in [2.45, 2.75) is 0 Å². The molecule has 1 fully saturated rings. The third-order valence-corrected chi connectivity index (χ3v) is 2.95. The smallest absolute Gasteiger partial charge is 0.272 e. The summed E-state index contributed by atoms with van der Waals surface area (Å²) in [6.45, 7) is 2.11. The number of benzene rings is 1. The molecule has 1 saturated heterocycles. The number of nitrogens with zero attached hydrogens (tertiary/aromatic N) is 2. The molecule has 0 radical (unpaired) electrons. The van der Waals surface area contributed by atoms with Crippen molar-refractivity contribution in [1.82, 2.24) is 4.90 Å². The maximum Gasteiger partial charge on any atom is 0.272 e. The molecule has 20 heavy (non-hydrogen) atoms. The molecular weight excluding hydrogens is 256 g/mol. The van der Waals surface area contributed by atoms with Crippen LogP contribution in [0.15, 0.2) is 46.7 Å². The van der Waals surface area contributed by atoms with E-state index in [0.717, 1.165) is 5.69 Å². The van der Waals surface area contributed by atoms with Gasteiger partial charge in [-0.25, -0.2) is 0 Å². The second-order valence-corrected chi connectivity index (χ2v) is 4.37. The molecule has 0 unspecified atom stereocenters. The van der Waals surface area contributed by atoms with Crippen LogP contribution in [0.3, 0.4) is 0 Å². The minimum Gasteiger partial charge on any atom is -0.396 e. The van der Waals surface area contributed by atoms with E-state index in [0.29, 0.717) is 26.3 Å². The summed E-state index contributed by atoms with van der Waals surface area (Å²) in [4.78, 5) is 17.9. The van der Waals surface area contributed by atoms with Crippen molar-refractivity contribution in [3.05, 3.63) is 41.7 Å². The molecule has 0 aromatic heterocycles. The third-order valence-electron chi connectivity index (χ3n) is 2.95. The van der Waals surface area contributed by atoms with Gasteiger partial charge in [-0.1, -0.05) is 18.2 Å². The van der Waals surface area contributed by atoms with E-state index in [1.807, 2.05) is 30.3 Å². The molecule has 0 atom stereocenters. The highest BCUT2D eigenvalue weighted by Crippen LogP contribution is 2.09. The summed E-state index contributed by atoms with van der Waals surface area (Å²) in [6.07, 6.45) is 1.41. The van der Waals surface area contributed by atoms with Gasteiger partial charge in [0.05, 0.1) is 30.8 Å². The van der Waals surface area contributed by atoms with Gasteiger partial charge < -0.3 is 21.1 Å². The van der Waals surface area contributed by atoms with E-state index in [2.05, 4.69) is 4.99 Å². The fourth-order valence-corrected chi connectivity index (χ4v) is 1.79. The van der Waals surface area contributed by atoms with Crippen molar-refractivity contribution >= 4 is 17.8 Å². The number of carbonyl (C=O) groups is 1. The fourth-order valence-electron chi connectivity index (χ4n) is 1.79. The van der Waals surface area contributed by atoms with E-state index in [-0.39, 0.29) is 17.3 Å². The second kappa shape index (κ2) is 6.72. The first-order chi connectivity index (χ1) is 9.68. The number of nitrogens with two attached hydrogens (primary N) is 2. The molecule has 4 N–H and O–H groups in total. The molecule has 1 amide bonds. The van der Waals surface area contributed by atoms with Crippen LogP contribution in [0.2, 0.25) is 0 Å². The van der Waals surface area contributed by atoms with Crippen LogP contribution in [-0.2, 0) is 9.53 Å². The normalized spacial score (nSPS) is 17.1. The van der Waals surface area contributed by atoms with E-state index >= 15 is 0 Å². The molecule has 1 aromatic rings. The van der Waals surface area contributed by atoms with Crippen LogP contribution in [0.4, 0.5) is 5.69 Å². The highest BCUT2D eigenvalue weighted by molar-refractivity contribution is 5.99. The summed E-state index contributed by atoms with van der Waals surface area (Å²) in [5.41, 5.74) is 12.5. The van der Waals surface area contributed by atoms with E-state index in [9.17, 15) is 4.79 Å². The Balaban J connectivity index is 2.06. The van der Waals surface area contributed by atoms with Gasteiger partial charge in [0.2, 0.25) is 0 Å². The van der Waals surface area contributed by atoms with Crippen molar-refractivity contribution < 1.29 is 9.53 Å². The van der Waals surface area contributed by atoms with Gasteiger partial charge in [-0.3, -0.25) is 9.79 Å². The lowest BCUT2D eigenvalue weighted by Gasteiger charge is -2.27. The van der Waals surface area contributed by atoms with E-state index in [1.165, 1.54) is 6.21 Å². The first-order valence-electron chi connectivity index (χ1n) is 6.40. The van der Waals surface area contributed by atoms with Gasteiger partial charge >= 0.3 is 0 Å². The number of ether oxygens (including phenoxy) is 1. The third kappa shape index (κ3) is 3.58. The molecule has 1 aliphatic heterocycles. The number of rotatable bonds is 3. The predicted molar refractivity (Wildman–Crippen MR) is 77.4 cm³/mol. The lowest BCUT2D eigenvalue weighted by atomic mass is 10.3. The first-order valence-corrected chi connectivity index (χ1v) is 6.40. The molecule has 2 rings (SSSR count). The molecule has 0 saturated carbocycles. The van der Waals surface area contributed by atoms with Crippen molar-refractivity contribution in [3.63, 3.8) is 0 Å². The number of carbonyl (C=O) groups excluding carboxylic acids is 1. The summed E-state index contributed by atoms with van der Waals surface area (Å²) in [7, 11) is 0. The zero-order chi connectivity index (χ0) is 14.4. The fraction of sp³-hybridized carbons (Fsp3) is 0.286. The average molecular weight is 274 g/mol. The Labute approximate surface area is 117 Å². The number of hydrogen-bond donors (Lipinski definition) is 2. The van der Waals surface area contributed by atoms with Gasteiger partial charge in [0.25, 0.3) is 5.91 Å². The van der Waals surface area contributed by atoms with Gasteiger partial charge in [0.1, 0.15) is 5.70 Å². The summed E-state index contributed by atoms with van der Waals surface area (Å²) in [6, 6.07) is 9.31. The van der Waals surface area contributed by atoms with Gasteiger partial charge in [-0.15, -0.1) is 0 Å². The number of aliphatic imine (C=N–C) groups is 1. The quantitative estimate of drug-likeness (QED) is 0.615. The number of allylic oxidation sites excluding steroid dienone is 1. The standard InChI is InChI=1S/C14H18N4O2/c15-12(10-17-11-4-2-1-3-5-11)13(16)14(19)18-6-8-20-9-7-18/h1-5,10H,6-9,15-16H2. The van der Waals surface area contributed by atoms with Gasteiger partial charge in [0.15, 0.2) is 0 Å². The number of hydrogen-bond acceptors (Lipinski definition) is 5. The molecule has 1 aliphatic rings. The maximum atomic E-state index is 12.1. The molecule has 0 aliphatic carbocycles. The molecule has 1 aromatic carbocycles. The highest BCUT2D eigenvalue weighted by atomic mass is 16.5. The Kier molecular flexibility index (Phi) is 4.73. The Morgan fingerprint density at radius 2 is 1.85 bits per heavy atom. The summed E-state index contributed by atoms with van der Waals surface area (Å²) in [5.74, 6) is -0.273. The largest absolute Gasteiger partial charge is 0.396 e. The molecule has 0 spiro atoms. The minimum absolute atomic E-state index is 0.0200. The summed E-state index contributed by atoms with van der Waals surface area (Å²) in [5, 5.41) is 0. The van der Waals surface area contributed by atoms with Crippen molar-refractivity contribution in [2.24, 2.45) is 16.5 Å². The Hall–Kier alpha value is -2.34. The molecular formula is C14H18N4O2. The SMILES string of the molecule is NC(C=Nc1ccccc1)=C(N)C(=O)N1CCOCC1. The zero-order valence-corrected chi connectivity index (χ0v) is 11.2. The number of morpholine rings is 1. The second-order valence-electron chi connectivity index (χ2n) is 4.37. The first kappa shape index (κ1) is 14.1. The van der Waals surface area contributed by atoms with E-state index in [4.69, 9.17) is 16.2 Å². The molecule has 106 valence electrons. The Morgan fingerprint density at radius 3 is 2.50 bits per heavy atom. The minimum atomic E-state index is -0.273. The molecule has 1 heterocycles. The van der Waals surface area contributed by atoms with Crippen LogP contribution in [0, 0.1) is 0 Å². The van der Waals surface area contributed by atoms with Crippen molar-refractivity contribution in [2.75, 3.05) is 26.3 Å². The van der Waals surface area contributed by atoms with Crippen molar-refractivity contribution in [3.8, 4) is 0 Å². The predicted octanol–water partition coefficient (Wildman–Crippen LogP) is 0.377. The van der Waals surface area contributed by atoms with Crippen LogP contribution >= 0.6 is 0 Å². The average Bonchev–Trinajstić information content (AvgIpc) is 2.53. The highest BCUT2D eigenvalue weighted by Gasteiger charge is 2.20. The number of amides is 1. The van der Waals surface area contributed by atoms with Crippen LogP contribution in [0.1, 0.15) is 0 Å². The van der Waals surface area contributed by atoms with Gasteiger partial charge in [-0.05, 0) is 12.1 Å². The Bertz CT molecular complexity index is 519. The summed E-state index contributed by atoms with van der Waals surface area (Å²) < 4.78 is 5.19. The lowest BCUT2D eigenvalue weighted by Crippen LogP contribution is -2.43. The van der Waals surface area contributed by atoms with Crippen LogP contribution in [0.25, 0.3) is 0 Å². The topological polar surface area (TPSA) is 93.9 Å². The van der Waals surface area contributed by atoms with Crippen LogP contribution in [-0.4, -0.2) is 43.3 Å². The van der Waals surface area contributed by atoms with E-state index in [1.54, 1.807) is 4.90 Å². The van der Waals surface area contributed by atoms with Gasteiger partial charge in [-0.2, -0.15) is 0 Å².